The number of rotatable bonds is 3. The van der Waals surface area contributed by atoms with E-state index < -0.39 is 0 Å². The van der Waals surface area contributed by atoms with Crippen LogP contribution in [0.4, 0.5) is 0 Å². The molecule has 1 fully saturated rings. The molecule has 1 unspecified atom stereocenters. The molecule has 3 nitrogen and oxygen atoms in total. The Morgan fingerprint density at radius 2 is 2.11 bits per heavy atom. The van der Waals surface area contributed by atoms with Crippen LogP contribution < -0.4 is 5.73 Å². The second-order valence-electron chi connectivity index (χ2n) is 5.31. The van der Waals surface area contributed by atoms with Gasteiger partial charge in [0.25, 0.3) is 0 Å². The summed E-state index contributed by atoms with van der Waals surface area (Å²) in [7, 11) is 0. The zero-order valence-corrected chi connectivity index (χ0v) is 12.2. The fourth-order valence-corrected chi connectivity index (χ4v) is 2.55. The molecule has 1 saturated heterocycles. The lowest BCUT2D eigenvalue weighted by Crippen LogP contribution is -2.40. The van der Waals surface area contributed by atoms with Crippen molar-refractivity contribution in [2.24, 2.45) is 11.7 Å². The van der Waals surface area contributed by atoms with E-state index in [1.54, 1.807) is 0 Å². The van der Waals surface area contributed by atoms with E-state index in [2.05, 4.69) is 6.92 Å². The van der Waals surface area contributed by atoms with Crippen LogP contribution >= 0.6 is 12.4 Å². The van der Waals surface area contributed by atoms with Gasteiger partial charge in [0.2, 0.25) is 5.91 Å². The number of halogens is 1. The third-order valence-electron chi connectivity index (χ3n) is 3.63. The molecule has 2 rings (SSSR count). The molecule has 1 amide bonds. The molecule has 0 radical (unpaired) electrons. The fraction of sp³-hybridized carbons (Fsp3) is 0.533. The van der Waals surface area contributed by atoms with Crippen molar-refractivity contribution in [3.05, 3.63) is 35.9 Å². The third-order valence-corrected chi connectivity index (χ3v) is 3.63. The number of likely N-dealkylation sites (tertiary alicyclic amines) is 1. The van der Waals surface area contributed by atoms with E-state index in [0.29, 0.717) is 12.3 Å². The Balaban J connectivity index is 0.00000180. The molecule has 0 aliphatic carbocycles. The van der Waals surface area contributed by atoms with Crippen LogP contribution in [-0.2, 0) is 4.79 Å². The third kappa shape index (κ3) is 4.51. The number of nitrogens with zero attached hydrogens (tertiary/aromatic N) is 1. The van der Waals surface area contributed by atoms with E-state index in [0.717, 1.165) is 25.1 Å². The number of piperidine rings is 1. The van der Waals surface area contributed by atoms with Crippen LogP contribution in [0.15, 0.2) is 30.3 Å². The average Bonchev–Trinajstić information content (AvgIpc) is 2.39. The lowest BCUT2D eigenvalue weighted by Gasteiger charge is -2.31. The molecule has 4 heteroatoms. The molecule has 0 aromatic heterocycles. The first-order chi connectivity index (χ1) is 8.66. The van der Waals surface area contributed by atoms with Crippen LogP contribution in [0.3, 0.4) is 0 Å². The standard InChI is InChI=1S/C15H22N2O.ClH/c1-12-6-5-9-17(11-12)15(18)10-14(16)13-7-3-2-4-8-13;/h2-4,7-8,12,14H,5-6,9-11,16H2,1H3;1H/t12-,14?;/m0./s1. The van der Waals surface area contributed by atoms with Crippen molar-refractivity contribution in [3.63, 3.8) is 0 Å². The summed E-state index contributed by atoms with van der Waals surface area (Å²) < 4.78 is 0. The molecule has 1 aromatic carbocycles. The van der Waals surface area contributed by atoms with E-state index >= 15 is 0 Å². The Bertz CT molecular complexity index is 396. The first kappa shape index (κ1) is 16.0. The van der Waals surface area contributed by atoms with Gasteiger partial charge in [-0.05, 0) is 24.3 Å². The molecule has 19 heavy (non-hydrogen) atoms. The summed E-state index contributed by atoms with van der Waals surface area (Å²) in [6, 6.07) is 9.67. The quantitative estimate of drug-likeness (QED) is 0.927. The molecule has 0 saturated carbocycles. The van der Waals surface area contributed by atoms with Gasteiger partial charge in [-0.25, -0.2) is 0 Å². The number of hydrogen-bond donors (Lipinski definition) is 1. The minimum atomic E-state index is -0.184. The lowest BCUT2D eigenvalue weighted by molar-refractivity contribution is -0.133. The van der Waals surface area contributed by atoms with Crippen molar-refractivity contribution >= 4 is 18.3 Å². The largest absolute Gasteiger partial charge is 0.342 e. The Labute approximate surface area is 121 Å². The molecule has 1 aliphatic heterocycles. The van der Waals surface area contributed by atoms with Gasteiger partial charge in [0, 0.05) is 25.6 Å². The van der Waals surface area contributed by atoms with Crippen molar-refractivity contribution in [1.29, 1.82) is 0 Å². The van der Waals surface area contributed by atoms with E-state index in [1.807, 2.05) is 35.2 Å². The van der Waals surface area contributed by atoms with Gasteiger partial charge in [-0.2, -0.15) is 0 Å². The normalized spacial score (nSPS) is 20.5. The predicted octanol–water partition coefficient (Wildman–Crippen LogP) is 2.76. The smallest absolute Gasteiger partial charge is 0.224 e. The fourth-order valence-electron chi connectivity index (χ4n) is 2.55. The zero-order valence-electron chi connectivity index (χ0n) is 11.4. The molecule has 1 aliphatic rings. The summed E-state index contributed by atoms with van der Waals surface area (Å²) >= 11 is 0. The maximum atomic E-state index is 12.2. The molecule has 106 valence electrons. The maximum absolute atomic E-state index is 12.2. The van der Waals surface area contributed by atoms with Crippen LogP contribution in [0.1, 0.15) is 37.8 Å². The predicted molar refractivity (Wildman–Crippen MR) is 80.2 cm³/mol. The highest BCUT2D eigenvalue weighted by Gasteiger charge is 2.22. The summed E-state index contributed by atoms with van der Waals surface area (Å²) in [5, 5.41) is 0. The highest BCUT2D eigenvalue weighted by atomic mass is 35.5. The van der Waals surface area contributed by atoms with Crippen LogP contribution in [0.25, 0.3) is 0 Å². The molecule has 2 N–H and O–H groups in total. The number of benzene rings is 1. The van der Waals surface area contributed by atoms with E-state index in [9.17, 15) is 4.79 Å². The van der Waals surface area contributed by atoms with Crippen molar-refractivity contribution in [3.8, 4) is 0 Å². The topological polar surface area (TPSA) is 46.3 Å². The molecule has 2 atom stereocenters. The van der Waals surface area contributed by atoms with Crippen molar-refractivity contribution < 1.29 is 4.79 Å². The Morgan fingerprint density at radius 1 is 1.42 bits per heavy atom. The van der Waals surface area contributed by atoms with Gasteiger partial charge in [-0.15, -0.1) is 12.4 Å². The summed E-state index contributed by atoms with van der Waals surface area (Å²) in [6.45, 7) is 3.99. The van der Waals surface area contributed by atoms with E-state index in [4.69, 9.17) is 5.73 Å². The zero-order chi connectivity index (χ0) is 13.0. The summed E-state index contributed by atoms with van der Waals surface area (Å²) in [6.07, 6.45) is 2.76. The first-order valence-electron chi connectivity index (χ1n) is 6.75. The number of carbonyl (C=O) groups excluding carboxylic acids is 1. The van der Waals surface area contributed by atoms with Gasteiger partial charge in [-0.1, -0.05) is 37.3 Å². The highest BCUT2D eigenvalue weighted by Crippen LogP contribution is 2.19. The van der Waals surface area contributed by atoms with Crippen molar-refractivity contribution in [1.82, 2.24) is 4.90 Å². The van der Waals surface area contributed by atoms with E-state index in [-0.39, 0.29) is 24.4 Å². The van der Waals surface area contributed by atoms with Crippen molar-refractivity contribution in [2.75, 3.05) is 13.1 Å². The molecule has 0 bridgehead atoms. The van der Waals surface area contributed by atoms with Crippen LogP contribution in [0.5, 0.6) is 0 Å². The molecule has 0 spiro atoms. The van der Waals surface area contributed by atoms with Gasteiger partial charge in [0.15, 0.2) is 0 Å². The Kier molecular flexibility index (Phi) is 6.32. The highest BCUT2D eigenvalue weighted by molar-refractivity contribution is 5.85. The summed E-state index contributed by atoms with van der Waals surface area (Å²) in [5.41, 5.74) is 7.13. The SMILES string of the molecule is C[C@H]1CCCN(C(=O)CC(N)c2ccccc2)C1.Cl. The number of nitrogens with two attached hydrogens (primary N) is 1. The number of carbonyl (C=O) groups is 1. The Hall–Kier alpha value is -1.06. The molecular weight excluding hydrogens is 260 g/mol. The second kappa shape index (κ2) is 7.51. The molecule has 1 heterocycles. The van der Waals surface area contributed by atoms with Gasteiger partial charge in [-0.3, -0.25) is 4.79 Å². The maximum Gasteiger partial charge on any atom is 0.224 e. The van der Waals surface area contributed by atoms with Gasteiger partial charge in [0.1, 0.15) is 0 Å². The Morgan fingerprint density at radius 3 is 2.74 bits per heavy atom. The van der Waals surface area contributed by atoms with Gasteiger partial charge >= 0.3 is 0 Å². The molecule has 1 aromatic rings. The van der Waals surface area contributed by atoms with Gasteiger partial charge < -0.3 is 10.6 Å². The number of hydrogen-bond acceptors (Lipinski definition) is 2. The second-order valence-corrected chi connectivity index (χ2v) is 5.31. The number of amides is 1. The monoisotopic (exact) mass is 282 g/mol. The van der Waals surface area contributed by atoms with Crippen molar-refractivity contribution in [2.45, 2.75) is 32.2 Å². The van der Waals surface area contributed by atoms with E-state index in [1.165, 1.54) is 6.42 Å². The minimum Gasteiger partial charge on any atom is -0.342 e. The van der Waals surface area contributed by atoms with Crippen LogP contribution in [0, 0.1) is 5.92 Å². The minimum absolute atomic E-state index is 0. The summed E-state index contributed by atoms with van der Waals surface area (Å²) in [4.78, 5) is 14.1. The van der Waals surface area contributed by atoms with Crippen LogP contribution in [0.2, 0.25) is 0 Å². The van der Waals surface area contributed by atoms with Gasteiger partial charge in [0.05, 0.1) is 0 Å². The lowest BCUT2D eigenvalue weighted by atomic mass is 9.98. The first-order valence-corrected chi connectivity index (χ1v) is 6.75. The molecular formula is C15H23ClN2O. The van der Waals surface area contributed by atoms with Crippen LogP contribution in [-0.4, -0.2) is 23.9 Å². The summed E-state index contributed by atoms with van der Waals surface area (Å²) in [5.74, 6) is 0.813. The average molecular weight is 283 g/mol.